The summed E-state index contributed by atoms with van der Waals surface area (Å²) in [6.45, 7) is 6.15. The van der Waals surface area contributed by atoms with Crippen LogP contribution in [0.4, 0.5) is 4.39 Å². The summed E-state index contributed by atoms with van der Waals surface area (Å²) in [6.07, 6.45) is 1.50. The third kappa shape index (κ3) is 9.46. The van der Waals surface area contributed by atoms with E-state index in [2.05, 4.69) is 31.6 Å². The number of rotatable bonds is 8. The smallest absolute Gasteiger partial charge is 0.191 e. The van der Waals surface area contributed by atoms with Crippen LogP contribution < -0.4 is 10.6 Å². The van der Waals surface area contributed by atoms with Gasteiger partial charge in [-0.3, -0.25) is 4.99 Å². The van der Waals surface area contributed by atoms with Crippen molar-refractivity contribution in [2.24, 2.45) is 10.9 Å². The largest absolute Gasteiger partial charge is 0.396 e. The van der Waals surface area contributed by atoms with Gasteiger partial charge in [-0.15, -0.1) is 24.0 Å². The molecule has 0 saturated heterocycles. The highest BCUT2D eigenvalue weighted by Crippen LogP contribution is 2.16. The highest BCUT2D eigenvalue weighted by Gasteiger charge is 2.04. The zero-order valence-electron chi connectivity index (χ0n) is 13.6. The molecule has 1 aromatic carbocycles. The summed E-state index contributed by atoms with van der Waals surface area (Å²) in [7, 11) is 0. The maximum absolute atomic E-state index is 13.7. The normalized spacial score (nSPS) is 12.5. The van der Waals surface area contributed by atoms with Crippen LogP contribution in [0.25, 0.3) is 0 Å². The van der Waals surface area contributed by atoms with Crippen molar-refractivity contribution in [1.29, 1.82) is 0 Å². The van der Waals surface area contributed by atoms with Gasteiger partial charge in [0.05, 0.1) is 0 Å². The number of aliphatic hydroxyl groups is 1. The summed E-state index contributed by atoms with van der Waals surface area (Å²) in [6, 6.07) is 5.15. The van der Waals surface area contributed by atoms with Crippen LogP contribution in [0.1, 0.15) is 25.8 Å². The fraction of sp³-hybridized carbons (Fsp3) is 0.562. The first-order valence-corrected chi connectivity index (χ1v) is 8.43. The Morgan fingerprint density at radius 2 is 2.13 bits per heavy atom. The molecule has 1 unspecified atom stereocenters. The second-order valence-electron chi connectivity index (χ2n) is 5.27. The van der Waals surface area contributed by atoms with Crippen molar-refractivity contribution >= 4 is 45.9 Å². The summed E-state index contributed by atoms with van der Waals surface area (Å²) in [4.78, 5) is 4.41. The molecule has 0 aromatic heterocycles. The summed E-state index contributed by atoms with van der Waals surface area (Å²) in [5.74, 6) is 0.707. The van der Waals surface area contributed by atoms with Gasteiger partial charge in [0.1, 0.15) is 5.82 Å². The van der Waals surface area contributed by atoms with Gasteiger partial charge in [-0.25, -0.2) is 4.39 Å². The van der Waals surface area contributed by atoms with E-state index < -0.39 is 0 Å². The first kappa shape index (κ1) is 22.6. The molecule has 0 amide bonds. The predicted molar refractivity (Wildman–Crippen MR) is 108 cm³/mol. The lowest BCUT2D eigenvalue weighted by molar-refractivity contribution is 0.241. The molecule has 132 valence electrons. The fourth-order valence-corrected chi connectivity index (χ4v) is 2.19. The summed E-state index contributed by atoms with van der Waals surface area (Å²) in [5, 5.41) is 15.4. The van der Waals surface area contributed by atoms with Crippen molar-refractivity contribution in [2.75, 3.05) is 26.2 Å². The van der Waals surface area contributed by atoms with Crippen molar-refractivity contribution in [2.45, 2.75) is 26.7 Å². The maximum atomic E-state index is 13.7. The van der Waals surface area contributed by atoms with Crippen molar-refractivity contribution in [1.82, 2.24) is 10.6 Å². The van der Waals surface area contributed by atoms with Crippen molar-refractivity contribution in [3.8, 4) is 0 Å². The molecule has 0 heterocycles. The van der Waals surface area contributed by atoms with Gasteiger partial charge in [-0.2, -0.15) is 0 Å². The summed E-state index contributed by atoms with van der Waals surface area (Å²) >= 11 is 3.26. The second kappa shape index (κ2) is 12.9. The van der Waals surface area contributed by atoms with Crippen LogP contribution in [-0.4, -0.2) is 37.3 Å². The van der Waals surface area contributed by atoms with Gasteiger partial charge in [0.25, 0.3) is 0 Å². The van der Waals surface area contributed by atoms with Gasteiger partial charge in [0.2, 0.25) is 0 Å². The van der Waals surface area contributed by atoms with Crippen LogP contribution >= 0.6 is 39.9 Å². The Hall–Kier alpha value is -0.410. The van der Waals surface area contributed by atoms with Gasteiger partial charge in [-0.1, -0.05) is 28.9 Å². The highest BCUT2D eigenvalue weighted by molar-refractivity contribution is 14.0. The Labute approximate surface area is 163 Å². The summed E-state index contributed by atoms with van der Waals surface area (Å²) in [5.41, 5.74) is 0.723. The number of guanidine groups is 1. The molecule has 0 fully saturated rings. The maximum Gasteiger partial charge on any atom is 0.191 e. The number of aliphatic imine (C=N–C) groups is 1. The van der Waals surface area contributed by atoms with Crippen LogP contribution in [0.2, 0.25) is 0 Å². The standard InChI is InChI=1S/C16H25BrFN3O.HI/c1-3-19-16(21-10-12(2)11-22)20-8-4-5-13-6-7-14(17)9-15(13)18;/h6-7,9,12,22H,3-5,8,10-11H2,1-2H3,(H2,19,20,21);1H. The number of halogens is 3. The van der Waals surface area contributed by atoms with E-state index in [1.165, 1.54) is 6.07 Å². The van der Waals surface area contributed by atoms with Gasteiger partial charge in [-0.05, 0) is 43.4 Å². The first-order valence-electron chi connectivity index (χ1n) is 7.63. The molecule has 3 N–H and O–H groups in total. The minimum absolute atomic E-state index is 0. The van der Waals surface area contributed by atoms with Crippen LogP contribution in [0.3, 0.4) is 0 Å². The molecular weight excluding hydrogens is 476 g/mol. The van der Waals surface area contributed by atoms with E-state index >= 15 is 0 Å². The van der Waals surface area contributed by atoms with E-state index in [0.717, 1.165) is 35.5 Å². The fourth-order valence-electron chi connectivity index (χ4n) is 1.86. The van der Waals surface area contributed by atoms with Gasteiger partial charge < -0.3 is 15.7 Å². The molecule has 0 spiro atoms. The molecule has 23 heavy (non-hydrogen) atoms. The molecule has 0 saturated carbocycles. The van der Waals surface area contributed by atoms with Crippen molar-refractivity contribution in [3.63, 3.8) is 0 Å². The Balaban J connectivity index is 0.00000484. The summed E-state index contributed by atoms with van der Waals surface area (Å²) < 4.78 is 14.5. The van der Waals surface area contributed by atoms with Crippen LogP contribution in [-0.2, 0) is 6.42 Å². The molecule has 1 atom stereocenters. The van der Waals surface area contributed by atoms with Crippen molar-refractivity contribution < 1.29 is 9.50 Å². The zero-order chi connectivity index (χ0) is 16.4. The molecule has 0 aliphatic carbocycles. The molecule has 0 radical (unpaired) electrons. The minimum Gasteiger partial charge on any atom is -0.396 e. The quantitative estimate of drug-likeness (QED) is 0.222. The third-order valence-corrected chi connectivity index (χ3v) is 3.64. The van der Waals surface area contributed by atoms with E-state index in [-0.39, 0.29) is 42.3 Å². The number of hydrogen-bond donors (Lipinski definition) is 3. The Morgan fingerprint density at radius 3 is 2.74 bits per heavy atom. The van der Waals surface area contributed by atoms with Crippen molar-refractivity contribution in [3.05, 3.63) is 34.1 Å². The first-order chi connectivity index (χ1) is 10.6. The number of benzene rings is 1. The lowest BCUT2D eigenvalue weighted by Gasteiger charge is -2.12. The molecule has 0 aliphatic rings. The molecule has 0 bridgehead atoms. The second-order valence-corrected chi connectivity index (χ2v) is 6.19. The lowest BCUT2D eigenvalue weighted by atomic mass is 10.1. The monoisotopic (exact) mass is 501 g/mol. The third-order valence-electron chi connectivity index (χ3n) is 3.15. The molecule has 7 heteroatoms. The topological polar surface area (TPSA) is 56.7 Å². The minimum atomic E-state index is -0.174. The molecule has 1 rings (SSSR count). The van der Waals surface area contributed by atoms with Gasteiger partial charge in [0.15, 0.2) is 5.96 Å². The SMILES string of the molecule is CCNC(=NCC(C)CO)NCCCc1ccc(Br)cc1F.I. The number of aliphatic hydroxyl groups excluding tert-OH is 1. The van der Waals surface area contributed by atoms with E-state index in [9.17, 15) is 4.39 Å². The van der Waals surface area contributed by atoms with E-state index in [4.69, 9.17) is 5.11 Å². The predicted octanol–water partition coefficient (Wildman–Crippen LogP) is 3.32. The number of aryl methyl sites for hydroxylation is 1. The van der Waals surface area contributed by atoms with E-state index in [0.29, 0.717) is 13.0 Å². The Kier molecular flexibility index (Phi) is 12.7. The lowest BCUT2D eigenvalue weighted by Crippen LogP contribution is -2.38. The van der Waals surface area contributed by atoms with Gasteiger partial charge in [0, 0.05) is 30.7 Å². The molecule has 4 nitrogen and oxygen atoms in total. The molecule has 0 aliphatic heterocycles. The Bertz CT molecular complexity index is 488. The molecular formula is C16H26BrFIN3O. The van der Waals surface area contributed by atoms with E-state index in [1.807, 2.05) is 26.0 Å². The van der Waals surface area contributed by atoms with E-state index in [1.54, 1.807) is 0 Å². The molecule has 1 aromatic rings. The number of nitrogens with zero attached hydrogens (tertiary/aromatic N) is 1. The highest BCUT2D eigenvalue weighted by atomic mass is 127. The average Bonchev–Trinajstić information content (AvgIpc) is 2.50. The zero-order valence-corrected chi connectivity index (χ0v) is 17.5. The average molecular weight is 502 g/mol. The van der Waals surface area contributed by atoms with Crippen LogP contribution in [0.15, 0.2) is 27.7 Å². The number of nitrogens with one attached hydrogen (secondary N) is 2. The Morgan fingerprint density at radius 1 is 1.39 bits per heavy atom. The van der Waals surface area contributed by atoms with Crippen LogP contribution in [0.5, 0.6) is 0 Å². The van der Waals surface area contributed by atoms with Gasteiger partial charge >= 0.3 is 0 Å². The van der Waals surface area contributed by atoms with Crippen LogP contribution in [0, 0.1) is 11.7 Å². The number of hydrogen-bond acceptors (Lipinski definition) is 2.